The van der Waals surface area contributed by atoms with Gasteiger partial charge in [0, 0.05) is 31.9 Å². The number of hydrogen-bond donors (Lipinski definition) is 2. The Balaban J connectivity index is 1.68. The fourth-order valence-corrected chi connectivity index (χ4v) is 2.30. The van der Waals surface area contributed by atoms with Crippen molar-refractivity contribution in [3.05, 3.63) is 29.8 Å². The second kappa shape index (κ2) is 9.12. The lowest BCUT2D eigenvalue weighted by Crippen LogP contribution is -2.42. The summed E-state index contributed by atoms with van der Waals surface area (Å²) in [5.41, 5.74) is 1.15. The number of hydrogen-bond acceptors (Lipinski definition) is 6. The first-order chi connectivity index (χ1) is 11.2. The van der Waals surface area contributed by atoms with Gasteiger partial charge in [-0.3, -0.25) is 9.69 Å². The van der Waals surface area contributed by atoms with Gasteiger partial charge in [0.1, 0.15) is 0 Å². The fourth-order valence-electron chi connectivity index (χ4n) is 2.30. The highest BCUT2D eigenvalue weighted by Gasteiger charge is 2.10. The number of nitrogens with zero attached hydrogens (tertiary/aromatic N) is 1. The molecule has 0 bridgehead atoms. The largest absolute Gasteiger partial charge is 0.465 e. The van der Waals surface area contributed by atoms with Crippen molar-refractivity contribution in [1.82, 2.24) is 10.2 Å². The van der Waals surface area contributed by atoms with E-state index < -0.39 is 5.97 Å². The van der Waals surface area contributed by atoms with Gasteiger partial charge in [-0.15, -0.1) is 0 Å². The third kappa shape index (κ3) is 5.88. The van der Waals surface area contributed by atoms with Gasteiger partial charge in [0.25, 0.3) is 0 Å². The van der Waals surface area contributed by atoms with Gasteiger partial charge in [0.05, 0.1) is 32.4 Å². The minimum Gasteiger partial charge on any atom is -0.465 e. The number of amides is 1. The Morgan fingerprint density at radius 2 is 2.09 bits per heavy atom. The van der Waals surface area contributed by atoms with Crippen molar-refractivity contribution in [1.29, 1.82) is 0 Å². The van der Waals surface area contributed by atoms with Crippen molar-refractivity contribution in [2.24, 2.45) is 0 Å². The zero-order chi connectivity index (χ0) is 16.5. The van der Waals surface area contributed by atoms with Crippen LogP contribution in [0.2, 0.25) is 0 Å². The number of carbonyl (C=O) groups excluding carboxylic acids is 2. The second-order valence-electron chi connectivity index (χ2n) is 5.23. The summed E-state index contributed by atoms with van der Waals surface area (Å²) in [7, 11) is 1.34. The molecule has 0 radical (unpaired) electrons. The van der Waals surface area contributed by atoms with E-state index in [4.69, 9.17) is 4.74 Å². The molecule has 1 aliphatic heterocycles. The normalized spacial score (nSPS) is 15.0. The van der Waals surface area contributed by atoms with E-state index in [9.17, 15) is 9.59 Å². The van der Waals surface area contributed by atoms with Crippen LogP contribution in [0.5, 0.6) is 0 Å². The number of rotatable bonds is 7. The molecule has 0 unspecified atom stereocenters. The third-order valence-corrected chi connectivity index (χ3v) is 3.59. The lowest BCUT2D eigenvalue weighted by Gasteiger charge is -2.26. The van der Waals surface area contributed by atoms with E-state index in [-0.39, 0.29) is 12.5 Å². The van der Waals surface area contributed by atoms with Crippen LogP contribution in [-0.4, -0.2) is 69.8 Å². The molecule has 23 heavy (non-hydrogen) atoms. The fraction of sp³-hybridized carbons (Fsp3) is 0.500. The number of esters is 1. The van der Waals surface area contributed by atoms with Crippen LogP contribution < -0.4 is 10.6 Å². The van der Waals surface area contributed by atoms with Crippen molar-refractivity contribution in [2.45, 2.75) is 0 Å². The number of nitrogens with one attached hydrogen (secondary N) is 2. The standard InChI is InChI=1S/C16H23N3O4/c1-22-16(21)13-3-2-4-14(11-13)18-12-15(20)17-5-6-19-7-9-23-10-8-19/h2-4,11,18H,5-10,12H2,1H3,(H,17,20). The van der Waals surface area contributed by atoms with E-state index in [0.29, 0.717) is 17.8 Å². The quantitative estimate of drug-likeness (QED) is 0.705. The predicted octanol–water partition coefficient (Wildman–Crippen LogP) is 0.334. The average Bonchev–Trinajstić information content (AvgIpc) is 2.60. The highest BCUT2D eigenvalue weighted by atomic mass is 16.5. The second-order valence-corrected chi connectivity index (χ2v) is 5.23. The van der Waals surface area contributed by atoms with E-state index >= 15 is 0 Å². The molecular formula is C16H23N3O4. The SMILES string of the molecule is COC(=O)c1cccc(NCC(=O)NCCN2CCOCC2)c1. The Morgan fingerprint density at radius 3 is 2.83 bits per heavy atom. The highest BCUT2D eigenvalue weighted by molar-refractivity contribution is 5.90. The Labute approximate surface area is 135 Å². The zero-order valence-electron chi connectivity index (χ0n) is 13.3. The molecule has 1 aliphatic rings. The van der Waals surface area contributed by atoms with Crippen LogP contribution >= 0.6 is 0 Å². The smallest absolute Gasteiger partial charge is 0.337 e. The molecule has 1 heterocycles. The molecule has 2 N–H and O–H groups in total. The van der Waals surface area contributed by atoms with E-state index in [1.807, 2.05) is 0 Å². The lowest BCUT2D eigenvalue weighted by molar-refractivity contribution is -0.119. The molecular weight excluding hydrogens is 298 g/mol. The molecule has 0 spiro atoms. The van der Waals surface area contributed by atoms with Crippen molar-refractivity contribution in [3.63, 3.8) is 0 Å². The van der Waals surface area contributed by atoms with Gasteiger partial charge in [-0.25, -0.2) is 4.79 Å². The summed E-state index contributed by atoms with van der Waals surface area (Å²) < 4.78 is 9.95. The van der Waals surface area contributed by atoms with E-state index in [2.05, 4.69) is 20.3 Å². The topological polar surface area (TPSA) is 79.9 Å². The molecule has 2 rings (SSSR count). The minimum absolute atomic E-state index is 0.0817. The summed E-state index contributed by atoms with van der Waals surface area (Å²) >= 11 is 0. The van der Waals surface area contributed by atoms with Crippen LogP contribution in [0.3, 0.4) is 0 Å². The highest BCUT2D eigenvalue weighted by Crippen LogP contribution is 2.11. The van der Waals surface area contributed by atoms with E-state index in [1.54, 1.807) is 24.3 Å². The number of morpholine rings is 1. The van der Waals surface area contributed by atoms with Crippen molar-refractivity contribution < 1.29 is 19.1 Å². The van der Waals surface area contributed by atoms with Gasteiger partial charge in [-0.05, 0) is 18.2 Å². The summed E-state index contributed by atoms with van der Waals surface area (Å²) in [4.78, 5) is 25.5. The molecule has 1 aromatic carbocycles. The Kier molecular flexibility index (Phi) is 6.83. The summed E-state index contributed by atoms with van der Waals surface area (Å²) in [5.74, 6) is -0.481. The average molecular weight is 321 g/mol. The number of benzene rings is 1. The molecule has 0 saturated carbocycles. The van der Waals surface area contributed by atoms with Crippen molar-refractivity contribution in [2.75, 3.05) is 58.4 Å². The van der Waals surface area contributed by atoms with E-state index in [1.165, 1.54) is 7.11 Å². The number of methoxy groups -OCH3 is 1. The maximum Gasteiger partial charge on any atom is 0.337 e. The number of ether oxygens (including phenoxy) is 2. The van der Waals surface area contributed by atoms with Crippen LogP contribution in [0, 0.1) is 0 Å². The van der Waals surface area contributed by atoms with Gasteiger partial charge < -0.3 is 20.1 Å². The Hall–Kier alpha value is -2.12. The number of carbonyl (C=O) groups is 2. The first-order valence-electron chi connectivity index (χ1n) is 7.68. The minimum atomic E-state index is -0.399. The maximum atomic E-state index is 11.8. The molecule has 1 fully saturated rings. The summed E-state index contributed by atoms with van der Waals surface area (Å²) in [6, 6.07) is 6.87. The maximum absolute atomic E-state index is 11.8. The molecule has 0 aromatic heterocycles. The Bertz CT molecular complexity index is 530. The van der Waals surface area contributed by atoms with Crippen molar-refractivity contribution in [3.8, 4) is 0 Å². The van der Waals surface area contributed by atoms with Crippen LogP contribution in [0.25, 0.3) is 0 Å². The van der Waals surface area contributed by atoms with Crippen LogP contribution in [-0.2, 0) is 14.3 Å². The molecule has 7 heteroatoms. The van der Waals surface area contributed by atoms with Crippen molar-refractivity contribution >= 4 is 17.6 Å². The molecule has 7 nitrogen and oxygen atoms in total. The molecule has 0 aliphatic carbocycles. The summed E-state index contributed by atoms with van der Waals surface area (Å²) in [6.07, 6.45) is 0. The summed E-state index contributed by atoms with van der Waals surface area (Å²) in [5, 5.41) is 5.87. The molecule has 126 valence electrons. The molecule has 1 amide bonds. The summed E-state index contributed by atoms with van der Waals surface area (Å²) in [6.45, 7) is 4.93. The van der Waals surface area contributed by atoms with Gasteiger partial charge in [-0.1, -0.05) is 6.07 Å². The third-order valence-electron chi connectivity index (χ3n) is 3.59. The van der Waals surface area contributed by atoms with Gasteiger partial charge in [0.2, 0.25) is 5.91 Å². The van der Waals surface area contributed by atoms with Crippen LogP contribution in [0.15, 0.2) is 24.3 Å². The zero-order valence-corrected chi connectivity index (χ0v) is 13.3. The van der Waals surface area contributed by atoms with E-state index in [0.717, 1.165) is 32.8 Å². The van der Waals surface area contributed by atoms with Gasteiger partial charge in [0.15, 0.2) is 0 Å². The van der Waals surface area contributed by atoms with Crippen LogP contribution in [0.4, 0.5) is 5.69 Å². The van der Waals surface area contributed by atoms with Gasteiger partial charge >= 0.3 is 5.97 Å². The monoisotopic (exact) mass is 321 g/mol. The molecule has 1 aromatic rings. The molecule has 0 atom stereocenters. The molecule has 1 saturated heterocycles. The van der Waals surface area contributed by atoms with Gasteiger partial charge in [-0.2, -0.15) is 0 Å². The first-order valence-corrected chi connectivity index (χ1v) is 7.68. The lowest BCUT2D eigenvalue weighted by atomic mass is 10.2. The first kappa shape index (κ1) is 17.2. The number of anilines is 1. The predicted molar refractivity (Wildman–Crippen MR) is 86.5 cm³/mol. The van der Waals surface area contributed by atoms with Crippen LogP contribution in [0.1, 0.15) is 10.4 Å². The Morgan fingerprint density at radius 1 is 1.30 bits per heavy atom.